The van der Waals surface area contributed by atoms with Gasteiger partial charge in [0.15, 0.2) is 0 Å². The van der Waals surface area contributed by atoms with E-state index >= 15 is 0 Å². The highest BCUT2D eigenvalue weighted by atomic mass is 35.5. The van der Waals surface area contributed by atoms with Crippen molar-refractivity contribution in [3.8, 4) is 0 Å². The summed E-state index contributed by atoms with van der Waals surface area (Å²) in [4.78, 5) is 4.56. The van der Waals surface area contributed by atoms with E-state index < -0.39 is 0 Å². The minimum absolute atomic E-state index is 0. The Morgan fingerprint density at radius 3 is 1.76 bits per heavy atom. The molecule has 1 aromatic rings. The van der Waals surface area contributed by atoms with Crippen LogP contribution in [0.3, 0.4) is 0 Å². The molecule has 2 bridgehead atoms. The van der Waals surface area contributed by atoms with E-state index in [4.69, 9.17) is 0 Å². The van der Waals surface area contributed by atoms with Crippen molar-refractivity contribution in [2.75, 3.05) is 26.2 Å². The maximum absolute atomic E-state index is 4.56. The molecule has 1 aromatic heterocycles. The van der Waals surface area contributed by atoms with Crippen molar-refractivity contribution >= 4 is 24.8 Å². The summed E-state index contributed by atoms with van der Waals surface area (Å²) in [6.07, 6.45) is 0. The Morgan fingerprint density at radius 2 is 1.24 bits per heavy atom. The standard InChI is InChI=1S/C11H18N4.2ClH/c1-2-10-8-13-6-4-12-5-7-14-9-11(3-1)15-10;;/h1-3,12-14H,4-9H2;2*1H. The Morgan fingerprint density at radius 1 is 0.765 bits per heavy atom. The van der Waals surface area contributed by atoms with Gasteiger partial charge in [0.1, 0.15) is 0 Å². The SMILES string of the molecule is Cl.Cl.c1cc2nc(c1)CNCCNCCNC2. The van der Waals surface area contributed by atoms with Crippen LogP contribution in [0.5, 0.6) is 0 Å². The molecular weight excluding hydrogens is 259 g/mol. The van der Waals surface area contributed by atoms with Crippen LogP contribution in [0, 0.1) is 0 Å². The van der Waals surface area contributed by atoms with Crippen LogP contribution in [0.2, 0.25) is 0 Å². The number of nitrogens with one attached hydrogen (secondary N) is 3. The van der Waals surface area contributed by atoms with Crippen molar-refractivity contribution in [3.63, 3.8) is 0 Å². The number of hydrogen-bond donors (Lipinski definition) is 3. The van der Waals surface area contributed by atoms with Crippen LogP contribution in [0.1, 0.15) is 11.4 Å². The van der Waals surface area contributed by atoms with Crippen LogP contribution in [0.15, 0.2) is 18.2 Å². The topological polar surface area (TPSA) is 49.0 Å². The summed E-state index contributed by atoms with van der Waals surface area (Å²) >= 11 is 0. The second kappa shape index (κ2) is 9.62. The molecule has 0 aliphatic carbocycles. The Labute approximate surface area is 115 Å². The Hall–Kier alpha value is -0.390. The van der Waals surface area contributed by atoms with Gasteiger partial charge in [-0.1, -0.05) is 6.07 Å². The Bertz CT molecular complexity index is 284. The zero-order valence-corrected chi connectivity index (χ0v) is 11.4. The molecule has 17 heavy (non-hydrogen) atoms. The van der Waals surface area contributed by atoms with E-state index in [0.717, 1.165) is 50.7 Å². The molecule has 0 spiro atoms. The van der Waals surface area contributed by atoms with E-state index in [9.17, 15) is 0 Å². The van der Waals surface area contributed by atoms with Crippen LogP contribution < -0.4 is 16.0 Å². The first-order chi connectivity index (χ1) is 7.45. The van der Waals surface area contributed by atoms with Crippen molar-refractivity contribution in [2.24, 2.45) is 0 Å². The van der Waals surface area contributed by atoms with E-state index in [2.05, 4.69) is 39.1 Å². The first-order valence-electron chi connectivity index (χ1n) is 5.52. The molecule has 4 nitrogen and oxygen atoms in total. The number of rotatable bonds is 0. The quantitative estimate of drug-likeness (QED) is 0.654. The molecule has 1 aliphatic heterocycles. The van der Waals surface area contributed by atoms with Gasteiger partial charge in [0.05, 0.1) is 11.4 Å². The molecule has 0 amide bonds. The van der Waals surface area contributed by atoms with E-state index in [1.54, 1.807) is 0 Å². The number of aromatic nitrogens is 1. The molecule has 0 unspecified atom stereocenters. The Kier molecular flexibility index (Phi) is 9.40. The highest BCUT2D eigenvalue weighted by Crippen LogP contribution is 1.99. The predicted octanol–water partition coefficient (Wildman–Crippen LogP) is 0.708. The first-order valence-corrected chi connectivity index (χ1v) is 5.52. The zero-order valence-electron chi connectivity index (χ0n) is 9.74. The molecule has 0 saturated heterocycles. The summed E-state index contributed by atoms with van der Waals surface area (Å²) in [6.45, 7) is 5.73. The lowest BCUT2D eigenvalue weighted by Gasteiger charge is -2.11. The second-order valence-corrected chi connectivity index (χ2v) is 3.72. The van der Waals surface area contributed by atoms with Crippen molar-refractivity contribution in [3.05, 3.63) is 29.6 Å². The van der Waals surface area contributed by atoms with Gasteiger partial charge in [0.2, 0.25) is 0 Å². The van der Waals surface area contributed by atoms with Gasteiger partial charge < -0.3 is 16.0 Å². The predicted molar refractivity (Wildman–Crippen MR) is 75.0 cm³/mol. The molecular formula is C11H20Cl2N4. The molecule has 0 atom stereocenters. The van der Waals surface area contributed by atoms with Gasteiger partial charge in [0.25, 0.3) is 0 Å². The normalized spacial score (nSPS) is 16.7. The third-order valence-corrected chi connectivity index (χ3v) is 2.43. The van der Waals surface area contributed by atoms with Crippen molar-refractivity contribution in [1.82, 2.24) is 20.9 Å². The summed E-state index contributed by atoms with van der Waals surface area (Å²) in [6, 6.07) is 6.20. The van der Waals surface area contributed by atoms with Crippen molar-refractivity contribution < 1.29 is 0 Å². The fourth-order valence-corrected chi connectivity index (χ4v) is 1.64. The Balaban J connectivity index is 0.00000128. The zero-order chi connectivity index (χ0) is 10.3. The summed E-state index contributed by atoms with van der Waals surface area (Å²) in [5, 5.41) is 10.1. The fourth-order valence-electron chi connectivity index (χ4n) is 1.64. The van der Waals surface area contributed by atoms with Gasteiger partial charge in [-0.3, -0.25) is 4.98 Å². The van der Waals surface area contributed by atoms with Crippen LogP contribution in [0.4, 0.5) is 0 Å². The summed E-state index contributed by atoms with van der Waals surface area (Å²) in [5.74, 6) is 0. The van der Waals surface area contributed by atoms with Crippen LogP contribution >= 0.6 is 24.8 Å². The number of fused-ring (bicyclic) bond motifs is 2. The summed E-state index contributed by atoms with van der Waals surface area (Å²) in [7, 11) is 0. The molecule has 98 valence electrons. The average molecular weight is 279 g/mol. The third-order valence-electron chi connectivity index (χ3n) is 2.43. The maximum atomic E-state index is 4.56. The molecule has 0 fully saturated rings. The molecule has 0 aromatic carbocycles. The largest absolute Gasteiger partial charge is 0.314 e. The van der Waals surface area contributed by atoms with E-state index in [0.29, 0.717) is 0 Å². The van der Waals surface area contributed by atoms with Gasteiger partial charge in [0, 0.05) is 39.3 Å². The molecule has 2 rings (SSSR count). The highest BCUT2D eigenvalue weighted by molar-refractivity contribution is 5.85. The molecule has 2 heterocycles. The lowest BCUT2D eigenvalue weighted by atomic mass is 10.3. The van der Waals surface area contributed by atoms with Crippen molar-refractivity contribution in [2.45, 2.75) is 13.1 Å². The average Bonchev–Trinajstić information content (AvgIpc) is 2.26. The summed E-state index contributed by atoms with van der Waals surface area (Å²) in [5.41, 5.74) is 2.24. The monoisotopic (exact) mass is 278 g/mol. The van der Waals surface area contributed by atoms with Gasteiger partial charge in [-0.25, -0.2) is 0 Å². The number of halogens is 2. The van der Waals surface area contributed by atoms with Crippen LogP contribution in [-0.2, 0) is 13.1 Å². The van der Waals surface area contributed by atoms with Crippen LogP contribution in [0.25, 0.3) is 0 Å². The van der Waals surface area contributed by atoms with E-state index in [-0.39, 0.29) is 24.8 Å². The molecule has 3 N–H and O–H groups in total. The molecule has 6 heteroatoms. The fraction of sp³-hybridized carbons (Fsp3) is 0.545. The van der Waals surface area contributed by atoms with Gasteiger partial charge >= 0.3 is 0 Å². The van der Waals surface area contributed by atoms with Gasteiger partial charge in [-0.15, -0.1) is 24.8 Å². The third kappa shape index (κ3) is 6.19. The van der Waals surface area contributed by atoms with E-state index in [1.165, 1.54) is 0 Å². The lowest BCUT2D eigenvalue weighted by Crippen LogP contribution is -2.33. The van der Waals surface area contributed by atoms with Gasteiger partial charge in [-0.2, -0.15) is 0 Å². The minimum Gasteiger partial charge on any atom is -0.314 e. The van der Waals surface area contributed by atoms with E-state index in [1.807, 2.05) is 0 Å². The molecule has 1 aliphatic rings. The highest BCUT2D eigenvalue weighted by Gasteiger charge is 1.99. The molecule has 0 saturated carbocycles. The minimum atomic E-state index is 0. The molecule has 0 radical (unpaired) electrons. The van der Waals surface area contributed by atoms with Crippen molar-refractivity contribution in [1.29, 1.82) is 0 Å². The maximum Gasteiger partial charge on any atom is 0.0545 e. The summed E-state index contributed by atoms with van der Waals surface area (Å²) < 4.78 is 0. The number of pyridine rings is 1. The van der Waals surface area contributed by atoms with Gasteiger partial charge in [-0.05, 0) is 12.1 Å². The lowest BCUT2D eigenvalue weighted by molar-refractivity contribution is 0.565. The number of hydrogen-bond acceptors (Lipinski definition) is 4. The number of nitrogens with zero attached hydrogens (tertiary/aromatic N) is 1. The smallest absolute Gasteiger partial charge is 0.0545 e. The second-order valence-electron chi connectivity index (χ2n) is 3.72. The van der Waals surface area contributed by atoms with Crippen LogP contribution in [-0.4, -0.2) is 31.2 Å². The first kappa shape index (κ1) is 16.6.